The van der Waals surface area contributed by atoms with E-state index in [0.717, 1.165) is 11.8 Å². The van der Waals surface area contributed by atoms with Gasteiger partial charge in [0.1, 0.15) is 0 Å². The zero-order chi connectivity index (χ0) is 11.5. The molecule has 16 heavy (non-hydrogen) atoms. The lowest BCUT2D eigenvalue weighted by molar-refractivity contribution is 0.617. The zero-order valence-corrected chi connectivity index (χ0v) is 9.51. The van der Waals surface area contributed by atoms with Crippen LogP contribution in [0.25, 0.3) is 0 Å². The van der Waals surface area contributed by atoms with Crippen LogP contribution in [0, 0.1) is 12.7 Å². The van der Waals surface area contributed by atoms with Gasteiger partial charge in [0.05, 0.1) is 6.20 Å². The molecule has 3 N–H and O–H groups in total. The van der Waals surface area contributed by atoms with Crippen molar-refractivity contribution in [1.29, 1.82) is 0 Å². The lowest BCUT2D eigenvalue weighted by Gasteiger charge is -2.06. The maximum absolute atomic E-state index is 13.3. The highest BCUT2D eigenvalue weighted by Crippen LogP contribution is 2.16. The summed E-state index contributed by atoms with van der Waals surface area (Å²) in [5, 5.41) is 6.96. The summed E-state index contributed by atoms with van der Waals surface area (Å²) in [6, 6.07) is 0. The van der Waals surface area contributed by atoms with Gasteiger partial charge in [-0.25, -0.2) is 9.37 Å². The number of aryl methyl sites for hydroxylation is 1. The molecular formula is C10H11FN4S. The summed E-state index contributed by atoms with van der Waals surface area (Å²) in [4.78, 5) is 7.34. The molecule has 0 aliphatic carbocycles. The molecule has 0 aliphatic rings. The average Bonchev–Trinajstić information content (AvgIpc) is 2.66. The monoisotopic (exact) mass is 238 g/mol. The Morgan fingerprint density at radius 3 is 3.00 bits per heavy atom. The molecule has 2 rings (SSSR count). The first-order valence-corrected chi connectivity index (χ1v) is 5.64. The third kappa shape index (κ3) is 2.27. The Bertz CT molecular complexity index is 497. The van der Waals surface area contributed by atoms with Gasteiger partial charge in [0, 0.05) is 6.54 Å². The number of thiophene rings is 1. The number of nitrogens with two attached hydrogens (primary N) is 1. The van der Waals surface area contributed by atoms with Gasteiger partial charge in [0.2, 0.25) is 5.95 Å². The molecule has 2 heterocycles. The van der Waals surface area contributed by atoms with Crippen molar-refractivity contribution in [2.45, 2.75) is 13.5 Å². The van der Waals surface area contributed by atoms with Gasteiger partial charge in [0.25, 0.3) is 0 Å². The lowest BCUT2D eigenvalue weighted by Crippen LogP contribution is -2.06. The predicted molar refractivity (Wildman–Crippen MR) is 62.8 cm³/mol. The Kier molecular flexibility index (Phi) is 3.00. The number of rotatable bonds is 3. The van der Waals surface area contributed by atoms with Crippen LogP contribution in [0.3, 0.4) is 0 Å². The van der Waals surface area contributed by atoms with Gasteiger partial charge in [-0.3, -0.25) is 0 Å². The number of aromatic nitrogens is 2. The van der Waals surface area contributed by atoms with Gasteiger partial charge in [-0.1, -0.05) is 0 Å². The van der Waals surface area contributed by atoms with Crippen molar-refractivity contribution >= 4 is 23.1 Å². The standard InChI is InChI=1S/C10H11FN4S/c1-6-4-16-5-7(6)2-13-9-8(11)3-14-10(12)15-9/h3-5H,2H2,1H3,(H3,12,13,14,15). The molecule has 4 nitrogen and oxygen atoms in total. The van der Waals surface area contributed by atoms with Crippen LogP contribution in [0.5, 0.6) is 0 Å². The zero-order valence-electron chi connectivity index (χ0n) is 8.70. The van der Waals surface area contributed by atoms with E-state index < -0.39 is 5.82 Å². The van der Waals surface area contributed by atoms with Crippen LogP contribution in [0.4, 0.5) is 16.2 Å². The summed E-state index contributed by atoms with van der Waals surface area (Å²) in [6.07, 6.45) is 1.06. The number of nitrogen functional groups attached to an aromatic ring is 1. The molecule has 0 saturated heterocycles. The third-order valence-corrected chi connectivity index (χ3v) is 3.08. The Morgan fingerprint density at radius 2 is 2.31 bits per heavy atom. The second-order valence-electron chi connectivity index (χ2n) is 3.36. The van der Waals surface area contributed by atoms with Crippen molar-refractivity contribution in [1.82, 2.24) is 9.97 Å². The molecule has 0 aromatic carbocycles. The van der Waals surface area contributed by atoms with E-state index in [-0.39, 0.29) is 11.8 Å². The van der Waals surface area contributed by atoms with Gasteiger partial charge in [-0.15, -0.1) is 0 Å². The summed E-state index contributed by atoms with van der Waals surface area (Å²) in [7, 11) is 0. The van der Waals surface area contributed by atoms with E-state index in [1.807, 2.05) is 17.7 Å². The van der Waals surface area contributed by atoms with Gasteiger partial charge < -0.3 is 11.1 Å². The highest BCUT2D eigenvalue weighted by Gasteiger charge is 2.06. The van der Waals surface area contributed by atoms with Gasteiger partial charge in [0.15, 0.2) is 11.6 Å². The molecular weight excluding hydrogens is 227 g/mol. The van der Waals surface area contributed by atoms with Crippen LogP contribution in [0.1, 0.15) is 11.1 Å². The predicted octanol–water partition coefficient (Wildman–Crippen LogP) is 2.18. The minimum atomic E-state index is -0.498. The van der Waals surface area contributed by atoms with Crippen LogP contribution >= 0.6 is 11.3 Å². The van der Waals surface area contributed by atoms with Crippen LogP contribution < -0.4 is 11.1 Å². The average molecular weight is 238 g/mol. The van der Waals surface area contributed by atoms with E-state index in [4.69, 9.17) is 5.73 Å². The van der Waals surface area contributed by atoms with E-state index in [0.29, 0.717) is 6.54 Å². The first-order valence-electron chi connectivity index (χ1n) is 4.70. The molecule has 0 atom stereocenters. The molecule has 0 aliphatic heterocycles. The van der Waals surface area contributed by atoms with E-state index in [9.17, 15) is 4.39 Å². The van der Waals surface area contributed by atoms with Crippen molar-refractivity contribution < 1.29 is 4.39 Å². The largest absolute Gasteiger partial charge is 0.368 e. The Balaban J connectivity index is 2.10. The highest BCUT2D eigenvalue weighted by molar-refractivity contribution is 7.08. The fraction of sp³-hybridized carbons (Fsp3) is 0.200. The van der Waals surface area contributed by atoms with Crippen molar-refractivity contribution in [3.05, 3.63) is 33.9 Å². The van der Waals surface area contributed by atoms with Crippen LogP contribution in [0.15, 0.2) is 17.0 Å². The number of hydrogen-bond donors (Lipinski definition) is 2. The molecule has 0 fully saturated rings. The minimum absolute atomic E-state index is 0.0611. The van der Waals surface area contributed by atoms with E-state index in [1.54, 1.807) is 11.3 Å². The lowest BCUT2D eigenvalue weighted by atomic mass is 10.2. The normalized spacial score (nSPS) is 10.4. The van der Waals surface area contributed by atoms with Crippen molar-refractivity contribution in [3.63, 3.8) is 0 Å². The molecule has 0 saturated carbocycles. The molecule has 2 aromatic rings. The number of hydrogen-bond acceptors (Lipinski definition) is 5. The smallest absolute Gasteiger partial charge is 0.222 e. The number of anilines is 2. The van der Waals surface area contributed by atoms with Crippen molar-refractivity contribution in [3.8, 4) is 0 Å². The summed E-state index contributed by atoms with van der Waals surface area (Å²) >= 11 is 1.62. The first-order chi connectivity index (χ1) is 7.66. The van der Waals surface area contributed by atoms with Gasteiger partial charge in [-0.05, 0) is 28.8 Å². The highest BCUT2D eigenvalue weighted by atomic mass is 32.1. The fourth-order valence-electron chi connectivity index (χ4n) is 1.25. The second-order valence-corrected chi connectivity index (χ2v) is 4.10. The summed E-state index contributed by atoms with van der Waals surface area (Å²) in [6.45, 7) is 2.54. The Labute approximate surface area is 96.4 Å². The molecule has 6 heteroatoms. The number of nitrogens with one attached hydrogen (secondary N) is 1. The maximum Gasteiger partial charge on any atom is 0.222 e. The van der Waals surface area contributed by atoms with Gasteiger partial charge in [-0.2, -0.15) is 16.3 Å². The van der Waals surface area contributed by atoms with Crippen molar-refractivity contribution in [2.75, 3.05) is 11.1 Å². The minimum Gasteiger partial charge on any atom is -0.368 e. The molecule has 2 aromatic heterocycles. The van der Waals surface area contributed by atoms with E-state index in [1.165, 1.54) is 5.56 Å². The third-order valence-electron chi connectivity index (χ3n) is 2.17. The Morgan fingerprint density at radius 1 is 1.50 bits per heavy atom. The molecule has 0 radical (unpaired) electrons. The molecule has 0 amide bonds. The summed E-state index contributed by atoms with van der Waals surface area (Å²) in [5.41, 5.74) is 7.69. The molecule has 0 bridgehead atoms. The van der Waals surface area contributed by atoms with Gasteiger partial charge >= 0.3 is 0 Å². The second kappa shape index (κ2) is 4.44. The molecule has 84 valence electrons. The molecule has 0 spiro atoms. The molecule has 0 unspecified atom stereocenters. The van der Waals surface area contributed by atoms with Crippen LogP contribution in [0.2, 0.25) is 0 Å². The summed E-state index contributed by atoms with van der Waals surface area (Å²) in [5.74, 6) is -0.300. The number of halogens is 1. The van der Waals surface area contributed by atoms with E-state index >= 15 is 0 Å². The first kappa shape index (κ1) is 10.8. The van der Waals surface area contributed by atoms with Crippen LogP contribution in [-0.2, 0) is 6.54 Å². The fourth-order valence-corrected chi connectivity index (χ4v) is 2.11. The topological polar surface area (TPSA) is 63.8 Å². The quantitative estimate of drug-likeness (QED) is 0.860. The maximum atomic E-state index is 13.3. The summed E-state index contributed by atoms with van der Waals surface area (Å²) < 4.78 is 13.3. The van der Waals surface area contributed by atoms with Crippen LogP contribution in [-0.4, -0.2) is 9.97 Å². The van der Waals surface area contributed by atoms with Crippen molar-refractivity contribution in [2.24, 2.45) is 0 Å². The van der Waals surface area contributed by atoms with E-state index in [2.05, 4.69) is 15.3 Å². The SMILES string of the molecule is Cc1cscc1CNc1nc(N)ncc1F. The number of nitrogens with zero attached hydrogens (tertiary/aromatic N) is 2. The Hall–Kier alpha value is -1.69.